The number of anilines is 1. The van der Waals surface area contributed by atoms with Crippen molar-refractivity contribution in [2.24, 2.45) is 0 Å². The van der Waals surface area contributed by atoms with Gasteiger partial charge in [0.05, 0.1) is 0 Å². The zero-order valence-corrected chi connectivity index (χ0v) is 11.9. The second kappa shape index (κ2) is 5.70. The molecule has 0 heterocycles. The summed E-state index contributed by atoms with van der Waals surface area (Å²) in [5.74, 6) is 0. The van der Waals surface area contributed by atoms with Crippen molar-refractivity contribution in [2.45, 2.75) is 6.42 Å². The van der Waals surface area contributed by atoms with Crippen molar-refractivity contribution < 1.29 is 4.58 Å². The van der Waals surface area contributed by atoms with Crippen LogP contribution in [-0.4, -0.2) is 32.4 Å². The van der Waals surface area contributed by atoms with Crippen LogP contribution in [0.15, 0.2) is 54.1 Å². The largest absolute Gasteiger partial charge is 0.378 e. The van der Waals surface area contributed by atoms with Crippen molar-refractivity contribution in [3.8, 4) is 0 Å². The van der Waals surface area contributed by atoms with Crippen LogP contribution in [0.25, 0.3) is 5.70 Å². The normalized spacial score (nSPS) is 13.5. The highest BCUT2D eigenvalue weighted by Gasteiger charge is 2.15. The Bertz CT molecular complexity index is 543. The number of hydrogen-bond acceptors (Lipinski definition) is 1. The average molecular weight is 253 g/mol. The van der Waals surface area contributed by atoms with E-state index in [2.05, 4.69) is 74.3 Å². The summed E-state index contributed by atoms with van der Waals surface area (Å²) in [7, 11) is 6.08. The fraction of sp³-hybridized carbons (Fsp3) is 0.235. The molecule has 1 aromatic rings. The second-order valence-corrected chi connectivity index (χ2v) is 4.98. The predicted molar refractivity (Wildman–Crippen MR) is 83.9 cm³/mol. The topological polar surface area (TPSA) is 6.25 Å². The highest BCUT2D eigenvalue weighted by atomic mass is 15.1. The summed E-state index contributed by atoms with van der Waals surface area (Å²) in [6.07, 6.45) is 9.69. The van der Waals surface area contributed by atoms with E-state index in [0.29, 0.717) is 0 Å². The van der Waals surface area contributed by atoms with E-state index in [9.17, 15) is 0 Å². The highest BCUT2D eigenvalue weighted by molar-refractivity contribution is 5.70. The lowest BCUT2D eigenvalue weighted by Gasteiger charge is -2.13. The van der Waals surface area contributed by atoms with E-state index in [1.54, 1.807) is 0 Å². The van der Waals surface area contributed by atoms with Gasteiger partial charge in [0.2, 0.25) is 5.70 Å². The van der Waals surface area contributed by atoms with Gasteiger partial charge in [-0.3, -0.25) is 0 Å². The standard InChI is InChI=1S/C17H21N2/c1-18(2)16-12-10-15(11-13-16)17(19(3)4)14-8-6-5-7-9-14/h6-13H,3,5H2,1-2,4H3/q+1. The van der Waals surface area contributed by atoms with Gasteiger partial charge in [-0.05, 0) is 30.7 Å². The lowest BCUT2D eigenvalue weighted by molar-refractivity contribution is -0.385. The molecule has 1 aliphatic carbocycles. The summed E-state index contributed by atoms with van der Waals surface area (Å²) >= 11 is 0. The SMILES string of the molecule is C=[N+](C)C(=C1C=CCC=C1)c1ccc(N(C)C)cc1. The summed E-state index contributed by atoms with van der Waals surface area (Å²) in [4.78, 5) is 2.10. The Labute approximate surface area is 115 Å². The number of rotatable bonds is 3. The first-order valence-corrected chi connectivity index (χ1v) is 6.49. The van der Waals surface area contributed by atoms with Crippen molar-refractivity contribution in [1.29, 1.82) is 0 Å². The summed E-state index contributed by atoms with van der Waals surface area (Å²) in [6.45, 7) is 4.05. The third-order valence-corrected chi connectivity index (χ3v) is 3.18. The average Bonchev–Trinajstić information content (AvgIpc) is 2.40. The molecule has 0 unspecified atom stereocenters. The Hall–Kier alpha value is -2.09. The maximum atomic E-state index is 4.05. The number of hydrogen-bond donors (Lipinski definition) is 0. The molecule has 2 nitrogen and oxygen atoms in total. The summed E-state index contributed by atoms with van der Waals surface area (Å²) in [6, 6.07) is 8.57. The van der Waals surface area contributed by atoms with Crippen molar-refractivity contribution >= 4 is 18.1 Å². The first-order valence-electron chi connectivity index (χ1n) is 6.49. The predicted octanol–water partition coefficient (Wildman–Crippen LogP) is 3.32. The highest BCUT2D eigenvalue weighted by Crippen LogP contribution is 2.24. The molecule has 0 saturated carbocycles. The number of nitrogens with zero attached hydrogens (tertiary/aromatic N) is 2. The molecule has 0 radical (unpaired) electrons. The van der Waals surface area contributed by atoms with Gasteiger partial charge in [0.15, 0.2) is 0 Å². The van der Waals surface area contributed by atoms with Crippen LogP contribution >= 0.6 is 0 Å². The molecular weight excluding hydrogens is 232 g/mol. The first kappa shape index (κ1) is 13.3. The molecule has 98 valence electrons. The molecule has 0 atom stereocenters. The van der Waals surface area contributed by atoms with Gasteiger partial charge in [-0.1, -0.05) is 24.3 Å². The smallest absolute Gasteiger partial charge is 0.219 e. The van der Waals surface area contributed by atoms with Crippen molar-refractivity contribution in [3.05, 3.63) is 59.7 Å². The molecule has 0 bridgehead atoms. The minimum atomic E-state index is 1.01. The monoisotopic (exact) mass is 253 g/mol. The summed E-state index contributed by atoms with van der Waals surface area (Å²) in [5, 5.41) is 0. The van der Waals surface area contributed by atoms with Gasteiger partial charge >= 0.3 is 0 Å². The Morgan fingerprint density at radius 3 is 2.16 bits per heavy atom. The molecule has 1 aliphatic rings. The maximum Gasteiger partial charge on any atom is 0.219 e. The van der Waals surface area contributed by atoms with Crippen LogP contribution in [0.1, 0.15) is 12.0 Å². The van der Waals surface area contributed by atoms with E-state index in [-0.39, 0.29) is 0 Å². The zero-order valence-electron chi connectivity index (χ0n) is 11.9. The minimum absolute atomic E-state index is 1.01. The molecule has 1 aromatic carbocycles. The van der Waals surface area contributed by atoms with Gasteiger partial charge in [0.1, 0.15) is 13.8 Å². The Kier molecular flexibility index (Phi) is 4.00. The molecule has 0 aromatic heterocycles. The molecule has 0 N–H and O–H groups in total. The van der Waals surface area contributed by atoms with Crippen LogP contribution in [0, 0.1) is 0 Å². The van der Waals surface area contributed by atoms with Gasteiger partial charge in [-0.2, -0.15) is 0 Å². The van der Waals surface area contributed by atoms with Crippen molar-refractivity contribution in [2.75, 3.05) is 26.0 Å². The lowest BCUT2D eigenvalue weighted by Crippen LogP contribution is -2.09. The molecule has 0 spiro atoms. The van der Waals surface area contributed by atoms with E-state index < -0.39 is 0 Å². The van der Waals surface area contributed by atoms with E-state index >= 15 is 0 Å². The third-order valence-electron chi connectivity index (χ3n) is 3.18. The summed E-state index contributed by atoms with van der Waals surface area (Å²) < 4.78 is 1.93. The maximum absolute atomic E-state index is 4.05. The first-order chi connectivity index (χ1) is 9.09. The molecular formula is C17H21N2+. The van der Waals surface area contributed by atoms with Crippen LogP contribution in [0.2, 0.25) is 0 Å². The van der Waals surface area contributed by atoms with Gasteiger partial charge in [-0.15, -0.1) is 0 Å². The van der Waals surface area contributed by atoms with Gasteiger partial charge in [0, 0.05) is 30.9 Å². The van der Waals surface area contributed by atoms with E-state index in [4.69, 9.17) is 0 Å². The van der Waals surface area contributed by atoms with Crippen molar-refractivity contribution in [1.82, 2.24) is 0 Å². The van der Waals surface area contributed by atoms with Crippen LogP contribution in [0.4, 0.5) is 5.69 Å². The molecule has 2 rings (SSSR count). The van der Waals surface area contributed by atoms with Crippen molar-refractivity contribution in [3.63, 3.8) is 0 Å². The summed E-state index contributed by atoms with van der Waals surface area (Å²) in [5.41, 5.74) is 4.75. The van der Waals surface area contributed by atoms with Gasteiger partial charge in [0.25, 0.3) is 0 Å². The van der Waals surface area contributed by atoms with Crippen LogP contribution in [0.5, 0.6) is 0 Å². The molecule has 2 heteroatoms. The molecule has 0 saturated heterocycles. The van der Waals surface area contributed by atoms with Crippen LogP contribution in [0.3, 0.4) is 0 Å². The van der Waals surface area contributed by atoms with Gasteiger partial charge in [-0.25, -0.2) is 4.58 Å². The minimum Gasteiger partial charge on any atom is -0.378 e. The van der Waals surface area contributed by atoms with E-state index in [1.165, 1.54) is 16.8 Å². The molecule has 0 amide bonds. The Morgan fingerprint density at radius 1 is 1.11 bits per heavy atom. The molecule has 0 fully saturated rings. The van der Waals surface area contributed by atoms with Crippen LogP contribution in [-0.2, 0) is 0 Å². The van der Waals surface area contributed by atoms with Gasteiger partial charge < -0.3 is 4.90 Å². The Balaban J connectivity index is 2.46. The zero-order chi connectivity index (χ0) is 13.8. The number of allylic oxidation sites excluding steroid dienone is 5. The number of benzene rings is 1. The lowest BCUT2D eigenvalue weighted by atomic mass is 10.0. The quantitative estimate of drug-likeness (QED) is 0.591. The van der Waals surface area contributed by atoms with E-state index in [0.717, 1.165) is 12.1 Å². The third kappa shape index (κ3) is 3.02. The second-order valence-electron chi connectivity index (χ2n) is 4.98. The molecule has 19 heavy (non-hydrogen) atoms. The van der Waals surface area contributed by atoms with E-state index in [1.807, 2.05) is 11.6 Å². The fourth-order valence-electron chi connectivity index (χ4n) is 2.21. The van der Waals surface area contributed by atoms with Crippen LogP contribution < -0.4 is 4.90 Å². The molecule has 0 aliphatic heterocycles. The fourth-order valence-corrected chi connectivity index (χ4v) is 2.21. The Morgan fingerprint density at radius 2 is 1.68 bits per heavy atom.